The van der Waals surface area contributed by atoms with Gasteiger partial charge in [0.2, 0.25) is 0 Å². The minimum Gasteiger partial charge on any atom is -0.494 e. The van der Waals surface area contributed by atoms with E-state index in [0.717, 1.165) is 0 Å². The molecular formula is C18H18N2O4S. The highest BCUT2D eigenvalue weighted by Crippen LogP contribution is 2.17. The van der Waals surface area contributed by atoms with Gasteiger partial charge in [0.15, 0.2) is 5.11 Å². The third-order valence-corrected chi connectivity index (χ3v) is 3.40. The van der Waals surface area contributed by atoms with Crippen LogP contribution < -0.4 is 15.4 Å². The molecule has 0 saturated carbocycles. The van der Waals surface area contributed by atoms with Crippen molar-refractivity contribution >= 4 is 34.9 Å². The zero-order valence-corrected chi connectivity index (χ0v) is 14.7. The number of carbonyl (C=O) groups excluding carboxylic acids is 2. The first-order chi connectivity index (χ1) is 12.0. The molecule has 0 bridgehead atoms. The van der Waals surface area contributed by atoms with Gasteiger partial charge in [-0.3, -0.25) is 10.1 Å². The van der Waals surface area contributed by atoms with Crippen LogP contribution in [0.5, 0.6) is 5.75 Å². The fourth-order valence-electron chi connectivity index (χ4n) is 2.04. The molecule has 25 heavy (non-hydrogen) atoms. The standard InChI is InChI=1S/C18H18N2O4S/c1-3-24-15-6-4-5-14(11-15)19-18(25)20-16(21)12-7-9-13(10-8-12)17(22)23-2/h4-11H,3H2,1-2H3,(H2,19,20,21,25). The molecule has 0 aromatic heterocycles. The summed E-state index contributed by atoms with van der Waals surface area (Å²) >= 11 is 5.15. The van der Waals surface area contributed by atoms with Crippen molar-refractivity contribution in [1.29, 1.82) is 0 Å². The van der Waals surface area contributed by atoms with Gasteiger partial charge in [-0.1, -0.05) is 6.07 Å². The molecule has 0 spiro atoms. The second-order valence-corrected chi connectivity index (χ2v) is 5.35. The molecule has 0 aliphatic rings. The van der Waals surface area contributed by atoms with Gasteiger partial charge in [0.1, 0.15) is 5.75 Å². The second kappa shape index (κ2) is 8.79. The topological polar surface area (TPSA) is 76.7 Å². The fourth-order valence-corrected chi connectivity index (χ4v) is 2.25. The summed E-state index contributed by atoms with van der Waals surface area (Å²) in [7, 11) is 1.30. The summed E-state index contributed by atoms with van der Waals surface area (Å²) in [6.45, 7) is 2.46. The van der Waals surface area contributed by atoms with Crippen LogP contribution in [0.25, 0.3) is 0 Å². The Morgan fingerprint density at radius 1 is 1.08 bits per heavy atom. The van der Waals surface area contributed by atoms with Crippen LogP contribution in [-0.4, -0.2) is 30.7 Å². The number of methoxy groups -OCH3 is 1. The maximum Gasteiger partial charge on any atom is 0.337 e. The van der Waals surface area contributed by atoms with Gasteiger partial charge in [-0.05, 0) is 55.5 Å². The number of ether oxygens (including phenoxy) is 2. The van der Waals surface area contributed by atoms with Crippen LogP contribution in [0.4, 0.5) is 5.69 Å². The predicted molar refractivity (Wildman–Crippen MR) is 99.1 cm³/mol. The van der Waals surface area contributed by atoms with E-state index < -0.39 is 5.97 Å². The number of benzene rings is 2. The molecule has 2 aromatic rings. The quantitative estimate of drug-likeness (QED) is 0.632. The molecule has 0 atom stereocenters. The summed E-state index contributed by atoms with van der Waals surface area (Å²) < 4.78 is 10.0. The van der Waals surface area contributed by atoms with E-state index in [4.69, 9.17) is 17.0 Å². The molecule has 7 heteroatoms. The Morgan fingerprint density at radius 2 is 1.76 bits per heavy atom. The number of thiocarbonyl (C=S) groups is 1. The highest BCUT2D eigenvalue weighted by atomic mass is 32.1. The van der Waals surface area contributed by atoms with Gasteiger partial charge in [0, 0.05) is 17.3 Å². The first-order valence-corrected chi connectivity index (χ1v) is 7.98. The van der Waals surface area contributed by atoms with Gasteiger partial charge >= 0.3 is 5.97 Å². The predicted octanol–water partition coefficient (Wildman–Crippen LogP) is 3.00. The van der Waals surface area contributed by atoms with Crippen molar-refractivity contribution in [2.24, 2.45) is 0 Å². The average Bonchev–Trinajstić information content (AvgIpc) is 2.61. The first-order valence-electron chi connectivity index (χ1n) is 7.57. The second-order valence-electron chi connectivity index (χ2n) is 4.94. The van der Waals surface area contributed by atoms with E-state index in [1.165, 1.54) is 31.4 Å². The number of nitrogens with one attached hydrogen (secondary N) is 2. The monoisotopic (exact) mass is 358 g/mol. The van der Waals surface area contributed by atoms with Crippen molar-refractivity contribution in [1.82, 2.24) is 5.32 Å². The number of esters is 1. The van der Waals surface area contributed by atoms with Gasteiger partial charge in [0.05, 0.1) is 19.3 Å². The van der Waals surface area contributed by atoms with E-state index in [2.05, 4.69) is 15.4 Å². The normalized spacial score (nSPS) is 9.84. The highest BCUT2D eigenvalue weighted by Gasteiger charge is 2.10. The Balaban J connectivity index is 1.97. The summed E-state index contributed by atoms with van der Waals surface area (Å²) in [5.74, 6) is -0.131. The summed E-state index contributed by atoms with van der Waals surface area (Å²) in [4.78, 5) is 23.6. The average molecular weight is 358 g/mol. The van der Waals surface area contributed by atoms with E-state index in [1.807, 2.05) is 25.1 Å². The van der Waals surface area contributed by atoms with Crippen LogP contribution in [0, 0.1) is 0 Å². The van der Waals surface area contributed by atoms with Crippen LogP contribution in [0.1, 0.15) is 27.6 Å². The highest BCUT2D eigenvalue weighted by molar-refractivity contribution is 7.80. The lowest BCUT2D eigenvalue weighted by Crippen LogP contribution is -2.34. The Bertz CT molecular complexity index is 775. The largest absolute Gasteiger partial charge is 0.494 e. The summed E-state index contributed by atoms with van der Waals surface area (Å²) in [5.41, 5.74) is 1.45. The van der Waals surface area contributed by atoms with Crippen molar-refractivity contribution in [3.63, 3.8) is 0 Å². The minimum absolute atomic E-state index is 0.163. The van der Waals surface area contributed by atoms with E-state index in [0.29, 0.717) is 29.2 Å². The number of amides is 1. The van der Waals surface area contributed by atoms with Gasteiger partial charge in [-0.25, -0.2) is 4.79 Å². The molecule has 1 amide bonds. The van der Waals surface area contributed by atoms with E-state index in [1.54, 1.807) is 6.07 Å². The molecule has 0 heterocycles. The van der Waals surface area contributed by atoms with Crippen molar-refractivity contribution in [2.45, 2.75) is 6.92 Å². The van der Waals surface area contributed by atoms with E-state index in [9.17, 15) is 9.59 Å². The van der Waals surface area contributed by atoms with Crippen LogP contribution in [0.2, 0.25) is 0 Å². The SMILES string of the molecule is CCOc1cccc(NC(=S)NC(=O)c2ccc(C(=O)OC)cc2)c1. The Kier molecular flexibility index (Phi) is 6.47. The lowest BCUT2D eigenvalue weighted by molar-refractivity contribution is 0.0600. The fraction of sp³-hybridized carbons (Fsp3) is 0.167. The maximum absolute atomic E-state index is 12.2. The number of hydrogen-bond acceptors (Lipinski definition) is 5. The molecule has 6 nitrogen and oxygen atoms in total. The lowest BCUT2D eigenvalue weighted by Gasteiger charge is -2.11. The summed E-state index contributed by atoms with van der Waals surface area (Å²) in [5, 5.41) is 5.67. The number of rotatable bonds is 5. The number of anilines is 1. The first kappa shape index (κ1) is 18.4. The van der Waals surface area contributed by atoms with E-state index in [-0.39, 0.29) is 11.0 Å². The van der Waals surface area contributed by atoms with Gasteiger partial charge < -0.3 is 14.8 Å². The Hall–Kier alpha value is -2.93. The van der Waals surface area contributed by atoms with Crippen LogP contribution in [0.15, 0.2) is 48.5 Å². The van der Waals surface area contributed by atoms with Crippen molar-refractivity contribution in [3.05, 3.63) is 59.7 Å². The molecule has 130 valence electrons. The molecule has 0 radical (unpaired) electrons. The van der Waals surface area contributed by atoms with Gasteiger partial charge in [-0.15, -0.1) is 0 Å². The smallest absolute Gasteiger partial charge is 0.337 e. The van der Waals surface area contributed by atoms with Crippen LogP contribution >= 0.6 is 12.2 Å². The molecule has 2 aromatic carbocycles. The third-order valence-electron chi connectivity index (χ3n) is 3.20. The minimum atomic E-state index is -0.460. The van der Waals surface area contributed by atoms with Crippen LogP contribution in [-0.2, 0) is 4.74 Å². The maximum atomic E-state index is 12.2. The molecule has 2 N–H and O–H groups in total. The van der Waals surface area contributed by atoms with Crippen molar-refractivity contribution < 1.29 is 19.1 Å². The molecule has 0 aliphatic carbocycles. The van der Waals surface area contributed by atoms with Crippen molar-refractivity contribution in [3.8, 4) is 5.75 Å². The summed E-state index contributed by atoms with van der Waals surface area (Å²) in [6.07, 6.45) is 0. The Labute approximate surface area is 151 Å². The van der Waals surface area contributed by atoms with Gasteiger partial charge in [0.25, 0.3) is 5.91 Å². The number of hydrogen-bond donors (Lipinski definition) is 2. The summed E-state index contributed by atoms with van der Waals surface area (Å²) in [6, 6.07) is 13.3. The Morgan fingerprint density at radius 3 is 2.40 bits per heavy atom. The molecule has 0 saturated heterocycles. The van der Waals surface area contributed by atoms with E-state index >= 15 is 0 Å². The van der Waals surface area contributed by atoms with Gasteiger partial charge in [-0.2, -0.15) is 0 Å². The molecular weight excluding hydrogens is 340 g/mol. The molecule has 2 rings (SSSR count). The zero-order valence-electron chi connectivity index (χ0n) is 13.9. The van der Waals surface area contributed by atoms with Crippen molar-refractivity contribution in [2.75, 3.05) is 19.0 Å². The molecule has 0 fully saturated rings. The molecule has 0 unspecified atom stereocenters. The number of carbonyl (C=O) groups is 2. The zero-order chi connectivity index (χ0) is 18.2. The third kappa shape index (κ3) is 5.29. The lowest BCUT2D eigenvalue weighted by atomic mass is 10.1. The molecule has 0 aliphatic heterocycles. The van der Waals surface area contributed by atoms with Crippen LogP contribution in [0.3, 0.4) is 0 Å².